The number of carboxylic acid groups (broad SMARTS) is 1. The van der Waals surface area contributed by atoms with E-state index in [4.69, 9.17) is 5.11 Å². The van der Waals surface area contributed by atoms with E-state index in [1.165, 1.54) is 88.8 Å². The second-order valence-corrected chi connectivity index (χ2v) is 9.29. The van der Waals surface area contributed by atoms with Crippen LogP contribution in [0.15, 0.2) is 52.7 Å². The van der Waals surface area contributed by atoms with Crippen LogP contribution in [0.5, 0.6) is 5.75 Å². The molecule has 196 valence electrons. The Morgan fingerprint density at radius 2 is 1.22 bits per heavy atom. The van der Waals surface area contributed by atoms with Crippen molar-refractivity contribution in [1.29, 1.82) is 0 Å². The second-order valence-electron chi connectivity index (χ2n) is 9.29. The van der Waals surface area contributed by atoms with Gasteiger partial charge in [0, 0.05) is 12.1 Å². The Bertz CT molecular complexity index is 957. The normalized spacial score (nSPS) is 11.1. The standard InChI is InChI=1S/C29H41N3O4/c1-2-3-4-5-6-7-8-9-10-11-12-13-14-15-28(34)30-23-16-18-24(19-17-23)31-32-25-20-21-27(33)26(22-25)29(35)36/h16-22,33H,2-15H2,1H3,(H,30,34)(H,35,36). The Balaban J connectivity index is 1.58. The van der Waals surface area contributed by atoms with Crippen molar-refractivity contribution in [3.63, 3.8) is 0 Å². The van der Waals surface area contributed by atoms with Gasteiger partial charge in [-0.05, 0) is 48.9 Å². The lowest BCUT2D eigenvalue weighted by Gasteiger charge is -2.06. The average molecular weight is 496 g/mol. The number of phenols is 1. The minimum atomic E-state index is -1.23. The first kappa shape index (κ1) is 29.0. The predicted octanol–water partition coefficient (Wildman–Crippen LogP) is 8.93. The van der Waals surface area contributed by atoms with Crippen LogP contribution < -0.4 is 5.32 Å². The van der Waals surface area contributed by atoms with Crippen molar-refractivity contribution in [2.45, 2.75) is 96.8 Å². The molecule has 7 nitrogen and oxygen atoms in total. The lowest BCUT2D eigenvalue weighted by molar-refractivity contribution is -0.116. The molecule has 0 heterocycles. The van der Waals surface area contributed by atoms with Crippen LogP contribution in [-0.4, -0.2) is 22.1 Å². The summed E-state index contributed by atoms with van der Waals surface area (Å²) in [6, 6.07) is 11.0. The summed E-state index contributed by atoms with van der Waals surface area (Å²) in [5, 5.41) is 29.6. The highest BCUT2D eigenvalue weighted by molar-refractivity contribution is 5.92. The monoisotopic (exact) mass is 495 g/mol. The smallest absolute Gasteiger partial charge is 0.339 e. The fourth-order valence-corrected chi connectivity index (χ4v) is 4.01. The van der Waals surface area contributed by atoms with E-state index in [1.54, 1.807) is 24.3 Å². The Morgan fingerprint density at radius 3 is 1.78 bits per heavy atom. The number of carbonyl (C=O) groups is 2. The number of unbranched alkanes of at least 4 members (excludes halogenated alkanes) is 12. The van der Waals surface area contributed by atoms with E-state index in [0.717, 1.165) is 12.8 Å². The van der Waals surface area contributed by atoms with Gasteiger partial charge in [0.1, 0.15) is 11.3 Å². The third-order valence-corrected chi connectivity index (χ3v) is 6.15. The van der Waals surface area contributed by atoms with Crippen molar-refractivity contribution < 1.29 is 19.8 Å². The first-order chi connectivity index (χ1) is 17.5. The molecule has 0 spiro atoms. The van der Waals surface area contributed by atoms with Gasteiger partial charge in [-0.25, -0.2) is 4.79 Å². The molecular formula is C29H41N3O4. The van der Waals surface area contributed by atoms with Crippen LogP contribution in [0.25, 0.3) is 0 Å². The number of nitrogens with zero attached hydrogens (tertiary/aromatic N) is 2. The molecule has 0 radical (unpaired) electrons. The number of azo groups is 1. The molecule has 2 aromatic rings. The molecule has 7 heteroatoms. The van der Waals surface area contributed by atoms with Crippen LogP contribution >= 0.6 is 0 Å². The number of aromatic carboxylic acids is 1. The molecule has 0 atom stereocenters. The maximum Gasteiger partial charge on any atom is 0.339 e. The molecule has 2 aromatic carbocycles. The van der Waals surface area contributed by atoms with Gasteiger partial charge in [-0.15, -0.1) is 0 Å². The molecular weight excluding hydrogens is 454 g/mol. The van der Waals surface area contributed by atoms with Crippen molar-refractivity contribution in [3.05, 3.63) is 48.0 Å². The summed E-state index contributed by atoms with van der Waals surface area (Å²) >= 11 is 0. The molecule has 0 aliphatic carbocycles. The zero-order valence-electron chi connectivity index (χ0n) is 21.5. The van der Waals surface area contributed by atoms with Gasteiger partial charge in [0.2, 0.25) is 5.91 Å². The van der Waals surface area contributed by atoms with Crippen molar-refractivity contribution in [3.8, 4) is 5.75 Å². The highest BCUT2D eigenvalue weighted by atomic mass is 16.4. The minimum Gasteiger partial charge on any atom is -0.507 e. The lowest BCUT2D eigenvalue weighted by Crippen LogP contribution is -2.10. The Morgan fingerprint density at radius 1 is 0.722 bits per heavy atom. The summed E-state index contributed by atoms with van der Waals surface area (Å²) < 4.78 is 0. The molecule has 36 heavy (non-hydrogen) atoms. The van der Waals surface area contributed by atoms with E-state index in [-0.39, 0.29) is 17.2 Å². The molecule has 0 aliphatic heterocycles. The summed E-state index contributed by atoms with van der Waals surface area (Å²) in [6.45, 7) is 2.26. The number of carbonyl (C=O) groups excluding carboxylic acids is 1. The summed E-state index contributed by atoms with van der Waals surface area (Å²) in [5.74, 6) is -1.54. The maximum absolute atomic E-state index is 12.2. The first-order valence-electron chi connectivity index (χ1n) is 13.4. The predicted molar refractivity (Wildman–Crippen MR) is 145 cm³/mol. The summed E-state index contributed by atoms with van der Waals surface area (Å²) in [5.41, 5.74) is 1.36. The van der Waals surface area contributed by atoms with Crippen molar-refractivity contribution >= 4 is 28.9 Å². The number of nitrogens with one attached hydrogen (secondary N) is 1. The third-order valence-electron chi connectivity index (χ3n) is 6.15. The van der Waals surface area contributed by atoms with Crippen LogP contribution in [0.2, 0.25) is 0 Å². The number of anilines is 1. The SMILES string of the molecule is CCCCCCCCCCCCCCCC(=O)Nc1ccc(N=Nc2ccc(O)c(C(=O)O)c2)cc1. The van der Waals surface area contributed by atoms with E-state index in [1.807, 2.05) is 0 Å². The van der Waals surface area contributed by atoms with Gasteiger partial charge in [-0.2, -0.15) is 10.2 Å². The fraction of sp³-hybridized carbons (Fsp3) is 0.517. The number of rotatable bonds is 18. The highest BCUT2D eigenvalue weighted by Gasteiger charge is 2.10. The van der Waals surface area contributed by atoms with Gasteiger partial charge in [-0.3, -0.25) is 4.79 Å². The van der Waals surface area contributed by atoms with E-state index in [2.05, 4.69) is 22.5 Å². The maximum atomic E-state index is 12.2. The van der Waals surface area contributed by atoms with Gasteiger partial charge in [-0.1, -0.05) is 84.0 Å². The Hall–Kier alpha value is -3.22. The molecule has 3 N–H and O–H groups in total. The van der Waals surface area contributed by atoms with Crippen LogP contribution in [-0.2, 0) is 4.79 Å². The molecule has 0 saturated heterocycles. The molecule has 0 aliphatic rings. The third kappa shape index (κ3) is 12.0. The number of hydrogen-bond donors (Lipinski definition) is 3. The van der Waals surface area contributed by atoms with Gasteiger partial charge in [0.25, 0.3) is 0 Å². The number of aromatic hydroxyl groups is 1. The Kier molecular flexibility index (Phi) is 13.9. The van der Waals surface area contributed by atoms with Crippen LogP contribution in [0, 0.1) is 0 Å². The van der Waals surface area contributed by atoms with E-state index >= 15 is 0 Å². The zero-order valence-corrected chi connectivity index (χ0v) is 21.5. The van der Waals surface area contributed by atoms with Gasteiger partial charge >= 0.3 is 5.97 Å². The van der Waals surface area contributed by atoms with E-state index in [0.29, 0.717) is 23.5 Å². The van der Waals surface area contributed by atoms with Crippen LogP contribution in [0.1, 0.15) is 107 Å². The number of carboxylic acids is 1. The number of benzene rings is 2. The quantitative estimate of drug-likeness (QED) is 0.141. The largest absolute Gasteiger partial charge is 0.507 e. The molecule has 0 bridgehead atoms. The van der Waals surface area contributed by atoms with Crippen LogP contribution in [0.4, 0.5) is 17.1 Å². The highest BCUT2D eigenvalue weighted by Crippen LogP contribution is 2.25. The topological polar surface area (TPSA) is 111 Å². The molecule has 2 rings (SSSR count). The van der Waals surface area contributed by atoms with Gasteiger partial charge < -0.3 is 15.5 Å². The Labute approximate surface area is 215 Å². The summed E-state index contributed by atoms with van der Waals surface area (Å²) in [6.07, 6.45) is 17.2. The molecule has 0 saturated carbocycles. The summed E-state index contributed by atoms with van der Waals surface area (Å²) in [7, 11) is 0. The second kappa shape index (κ2) is 17.2. The molecule has 0 aromatic heterocycles. The van der Waals surface area contributed by atoms with Gasteiger partial charge in [0.15, 0.2) is 0 Å². The zero-order chi connectivity index (χ0) is 26.0. The van der Waals surface area contributed by atoms with Crippen LogP contribution in [0.3, 0.4) is 0 Å². The van der Waals surface area contributed by atoms with Crippen molar-refractivity contribution in [2.75, 3.05) is 5.32 Å². The van der Waals surface area contributed by atoms with E-state index in [9.17, 15) is 14.7 Å². The fourth-order valence-electron chi connectivity index (χ4n) is 4.01. The molecule has 0 unspecified atom stereocenters. The average Bonchev–Trinajstić information content (AvgIpc) is 2.87. The lowest BCUT2D eigenvalue weighted by atomic mass is 10.0. The van der Waals surface area contributed by atoms with Gasteiger partial charge in [0.05, 0.1) is 11.4 Å². The molecule has 0 fully saturated rings. The van der Waals surface area contributed by atoms with Crippen molar-refractivity contribution in [1.82, 2.24) is 0 Å². The number of hydrogen-bond acceptors (Lipinski definition) is 5. The molecule has 1 amide bonds. The van der Waals surface area contributed by atoms with Crippen molar-refractivity contribution in [2.24, 2.45) is 10.2 Å². The number of amides is 1. The first-order valence-corrected chi connectivity index (χ1v) is 13.4. The minimum absolute atomic E-state index is 0.0118. The summed E-state index contributed by atoms with van der Waals surface area (Å²) in [4.78, 5) is 23.3. The van der Waals surface area contributed by atoms with E-state index < -0.39 is 5.97 Å².